The lowest BCUT2D eigenvalue weighted by Crippen LogP contribution is -2.19. The van der Waals surface area contributed by atoms with Gasteiger partial charge in [0.05, 0.1) is 17.0 Å². The van der Waals surface area contributed by atoms with Crippen molar-refractivity contribution in [3.05, 3.63) is 52.8 Å². The molecule has 1 aromatic heterocycles. The van der Waals surface area contributed by atoms with E-state index in [0.717, 1.165) is 30.0 Å². The molecular weight excluding hydrogens is 254 g/mol. The highest BCUT2D eigenvalue weighted by Gasteiger charge is 2.07. The highest BCUT2D eigenvalue weighted by atomic mass is 16.4. The molecule has 0 atom stereocenters. The normalized spacial score (nSPS) is 11.0. The van der Waals surface area contributed by atoms with Gasteiger partial charge in [-0.3, -0.25) is 9.58 Å². The van der Waals surface area contributed by atoms with Crippen LogP contribution in [0.1, 0.15) is 27.3 Å². The largest absolute Gasteiger partial charge is 0.478 e. The Kier molecular flexibility index (Phi) is 4.20. The van der Waals surface area contributed by atoms with E-state index in [0.29, 0.717) is 5.56 Å². The van der Waals surface area contributed by atoms with Crippen LogP contribution in [0.4, 0.5) is 0 Å². The molecule has 0 aliphatic rings. The first-order valence-electron chi connectivity index (χ1n) is 6.46. The van der Waals surface area contributed by atoms with Crippen molar-refractivity contribution in [2.24, 2.45) is 7.05 Å². The van der Waals surface area contributed by atoms with Crippen molar-refractivity contribution in [3.8, 4) is 0 Å². The van der Waals surface area contributed by atoms with Gasteiger partial charge in [0.1, 0.15) is 0 Å². The first kappa shape index (κ1) is 14.3. The topological polar surface area (TPSA) is 58.4 Å². The van der Waals surface area contributed by atoms with Gasteiger partial charge < -0.3 is 5.11 Å². The Morgan fingerprint density at radius 1 is 1.30 bits per heavy atom. The lowest BCUT2D eigenvalue weighted by Gasteiger charge is -2.16. The fourth-order valence-corrected chi connectivity index (χ4v) is 2.21. The highest BCUT2D eigenvalue weighted by molar-refractivity contribution is 5.87. The quantitative estimate of drug-likeness (QED) is 0.906. The number of rotatable bonds is 5. The second-order valence-electron chi connectivity index (χ2n) is 5.08. The van der Waals surface area contributed by atoms with Crippen molar-refractivity contribution in [1.29, 1.82) is 0 Å². The summed E-state index contributed by atoms with van der Waals surface area (Å²) >= 11 is 0. The Morgan fingerprint density at radius 2 is 1.95 bits per heavy atom. The number of benzene rings is 1. The van der Waals surface area contributed by atoms with Gasteiger partial charge in [-0.25, -0.2) is 4.79 Å². The van der Waals surface area contributed by atoms with Crippen LogP contribution in [0.3, 0.4) is 0 Å². The summed E-state index contributed by atoms with van der Waals surface area (Å²) in [7, 11) is 3.98. The van der Waals surface area contributed by atoms with Crippen molar-refractivity contribution in [2.75, 3.05) is 7.05 Å². The van der Waals surface area contributed by atoms with Gasteiger partial charge in [0.25, 0.3) is 0 Å². The minimum Gasteiger partial charge on any atom is -0.478 e. The van der Waals surface area contributed by atoms with Crippen LogP contribution in [0.25, 0.3) is 0 Å². The van der Waals surface area contributed by atoms with E-state index in [9.17, 15) is 4.79 Å². The second kappa shape index (κ2) is 5.88. The number of hydrogen-bond acceptors (Lipinski definition) is 3. The summed E-state index contributed by atoms with van der Waals surface area (Å²) in [5.74, 6) is -0.893. The first-order chi connectivity index (χ1) is 9.45. The molecule has 0 unspecified atom stereocenters. The maximum absolute atomic E-state index is 10.8. The van der Waals surface area contributed by atoms with Crippen LogP contribution >= 0.6 is 0 Å². The number of hydrogen-bond donors (Lipinski definition) is 1. The fraction of sp³-hybridized carbons (Fsp3) is 0.333. The number of carboxylic acids is 1. The Bertz CT molecular complexity index is 602. The van der Waals surface area contributed by atoms with E-state index in [1.807, 2.05) is 37.8 Å². The smallest absolute Gasteiger partial charge is 0.335 e. The zero-order valence-corrected chi connectivity index (χ0v) is 12.0. The number of carboxylic acid groups (broad SMARTS) is 1. The van der Waals surface area contributed by atoms with Gasteiger partial charge >= 0.3 is 5.97 Å². The molecule has 0 bridgehead atoms. The van der Waals surface area contributed by atoms with Crippen LogP contribution in [-0.4, -0.2) is 32.8 Å². The minimum atomic E-state index is -0.893. The SMILES string of the molecule is Cc1cc(CN(C)Cc2ccc(C(=O)O)cc2)n(C)n1. The van der Waals surface area contributed by atoms with Crippen LogP contribution in [0.2, 0.25) is 0 Å². The lowest BCUT2D eigenvalue weighted by molar-refractivity contribution is 0.0697. The molecule has 0 spiro atoms. The number of aromatic nitrogens is 2. The summed E-state index contributed by atoms with van der Waals surface area (Å²) in [5, 5.41) is 13.2. The van der Waals surface area contributed by atoms with E-state index >= 15 is 0 Å². The van der Waals surface area contributed by atoms with E-state index in [2.05, 4.69) is 16.1 Å². The van der Waals surface area contributed by atoms with Crippen molar-refractivity contribution in [1.82, 2.24) is 14.7 Å². The summed E-state index contributed by atoms with van der Waals surface area (Å²) in [5.41, 5.74) is 3.59. The summed E-state index contributed by atoms with van der Waals surface area (Å²) in [6.07, 6.45) is 0. The molecule has 2 rings (SSSR count). The van der Waals surface area contributed by atoms with E-state index in [1.54, 1.807) is 12.1 Å². The predicted molar refractivity (Wildman–Crippen MR) is 76.5 cm³/mol. The van der Waals surface area contributed by atoms with Crippen molar-refractivity contribution < 1.29 is 9.90 Å². The average molecular weight is 273 g/mol. The molecule has 1 N–H and O–H groups in total. The first-order valence-corrected chi connectivity index (χ1v) is 6.46. The second-order valence-corrected chi connectivity index (χ2v) is 5.08. The lowest BCUT2D eigenvalue weighted by atomic mass is 10.1. The Labute approximate surface area is 118 Å². The number of nitrogens with zero attached hydrogens (tertiary/aromatic N) is 3. The molecule has 0 saturated heterocycles. The van der Waals surface area contributed by atoms with Crippen molar-refractivity contribution in [2.45, 2.75) is 20.0 Å². The van der Waals surface area contributed by atoms with Crippen molar-refractivity contribution >= 4 is 5.97 Å². The van der Waals surface area contributed by atoms with E-state index in [-0.39, 0.29) is 0 Å². The van der Waals surface area contributed by atoms with Crippen LogP contribution in [0.5, 0.6) is 0 Å². The zero-order valence-electron chi connectivity index (χ0n) is 12.0. The Hall–Kier alpha value is -2.14. The summed E-state index contributed by atoms with van der Waals surface area (Å²) < 4.78 is 1.89. The third kappa shape index (κ3) is 3.45. The molecule has 20 heavy (non-hydrogen) atoms. The molecule has 0 aliphatic heterocycles. The van der Waals surface area contributed by atoms with Crippen LogP contribution in [0.15, 0.2) is 30.3 Å². The van der Waals surface area contributed by atoms with Gasteiger partial charge in [0.15, 0.2) is 0 Å². The van der Waals surface area contributed by atoms with E-state index < -0.39 is 5.97 Å². The fourth-order valence-electron chi connectivity index (χ4n) is 2.21. The van der Waals surface area contributed by atoms with Crippen LogP contribution in [-0.2, 0) is 20.1 Å². The molecule has 0 amide bonds. The van der Waals surface area contributed by atoms with Gasteiger partial charge in [-0.15, -0.1) is 0 Å². The van der Waals surface area contributed by atoms with Gasteiger partial charge in [-0.2, -0.15) is 5.10 Å². The van der Waals surface area contributed by atoms with E-state index in [1.165, 1.54) is 0 Å². The third-order valence-corrected chi connectivity index (χ3v) is 3.18. The van der Waals surface area contributed by atoms with E-state index in [4.69, 9.17) is 5.11 Å². The van der Waals surface area contributed by atoms with Gasteiger partial charge in [0, 0.05) is 20.1 Å². The molecule has 0 saturated carbocycles. The van der Waals surface area contributed by atoms with Crippen LogP contribution < -0.4 is 0 Å². The number of carbonyl (C=O) groups is 1. The molecule has 1 heterocycles. The minimum absolute atomic E-state index is 0.318. The molecule has 0 fully saturated rings. The number of aryl methyl sites for hydroxylation is 2. The molecule has 2 aromatic rings. The highest BCUT2D eigenvalue weighted by Crippen LogP contribution is 2.10. The Balaban J connectivity index is 1.99. The molecule has 0 radical (unpaired) electrons. The maximum atomic E-state index is 10.8. The van der Waals surface area contributed by atoms with Gasteiger partial charge in [-0.05, 0) is 37.7 Å². The standard InChI is InChI=1S/C15H19N3O2/c1-11-8-14(18(3)16-11)10-17(2)9-12-4-6-13(7-5-12)15(19)20/h4-8H,9-10H2,1-3H3,(H,19,20). The molecule has 106 valence electrons. The zero-order chi connectivity index (χ0) is 14.7. The summed E-state index contributed by atoms with van der Waals surface area (Å²) in [4.78, 5) is 13.0. The van der Waals surface area contributed by atoms with Gasteiger partial charge in [0.2, 0.25) is 0 Å². The predicted octanol–water partition coefficient (Wildman–Crippen LogP) is 2.06. The molecule has 5 nitrogen and oxygen atoms in total. The molecule has 1 aromatic carbocycles. The average Bonchev–Trinajstić information content (AvgIpc) is 2.68. The van der Waals surface area contributed by atoms with Gasteiger partial charge in [-0.1, -0.05) is 12.1 Å². The summed E-state index contributed by atoms with van der Waals surface area (Å²) in [6.45, 7) is 3.55. The molecular formula is C15H19N3O2. The monoisotopic (exact) mass is 273 g/mol. The maximum Gasteiger partial charge on any atom is 0.335 e. The molecule has 0 aliphatic carbocycles. The third-order valence-electron chi connectivity index (χ3n) is 3.18. The van der Waals surface area contributed by atoms with Crippen LogP contribution in [0, 0.1) is 6.92 Å². The number of aromatic carboxylic acids is 1. The molecule has 5 heteroatoms. The summed E-state index contributed by atoms with van der Waals surface area (Å²) in [6, 6.07) is 9.06. The Morgan fingerprint density at radius 3 is 2.45 bits per heavy atom. The van der Waals surface area contributed by atoms with Crippen molar-refractivity contribution in [3.63, 3.8) is 0 Å².